The number of aryl methyl sites for hydroxylation is 1. The lowest BCUT2D eigenvalue weighted by Gasteiger charge is -2.17. The number of H-pyrrole nitrogens is 1. The van der Waals surface area contributed by atoms with E-state index in [-0.39, 0.29) is 17.2 Å². The Balaban J connectivity index is 1.76. The fraction of sp³-hybridized carbons (Fsp3) is 0.364. The largest absolute Gasteiger partial charge is 0.465 e. The van der Waals surface area contributed by atoms with E-state index in [0.29, 0.717) is 35.5 Å². The highest BCUT2D eigenvalue weighted by atomic mass is 16.5. The monoisotopic (exact) mass is 412 g/mol. The average Bonchev–Trinajstić information content (AvgIpc) is 3.29. The fourth-order valence-electron chi connectivity index (χ4n) is 3.61. The summed E-state index contributed by atoms with van der Waals surface area (Å²) in [4.78, 5) is 53.8. The Labute approximate surface area is 174 Å². The molecule has 0 unspecified atom stereocenters. The molecule has 0 aliphatic carbocycles. The van der Waals surface area contributed by atoms with Gasteiger partial charge in [0.1, 0.15) is 0 Å². The average molecular weight is 412 g/mol. The third kappa shape index (κ3) is 3.98. The first-order valence-corrected chi connectivity index (χ1v) is 9.67. The van der Waals surface area contributed by atoms with Gasteiger partial charge in [-0.25, -0.2) is 9.59 Å². The standard InChI is InChI=1S/C22H24N2O6/c1-12-18(22(28)29-4)13(2)23-19(12)20(26)14(3)30-21(27)15-7-5-8-16(11-15)24-10-6-9-17(24)25/h5,7-8,11,14,23H,6,9-10H2,1-4H3/t14-/m1/s1. The summed E-state index contributed by atoms with van der Waals surface area (Å²) >= 11 is 0. The molecule has 1 aliphatic heterocycles. The van der Waals surface area contributed by atoms with Crippen LogP contribution in [0.15, 0.2) is 24.3 Å². The Bertz CT molecular complexity index is 1020. The SMILES string of the molecule is COC(=O)c1c(C)[nH]c(C(=O)[C@@H](C)OC(=O)c2cccc(N3CCCC3=O)c2)c1C. The van der Waals surface area contributed by atoms with Crippen LogP contribution in [0.4, 0.5) is 5.69 Å². The molecule has 0 bridgehead atoms. The molecule has 158 valence electrons. The summed E-state index contributed by atoms with van der Waals surface area (Å²) < 4.78 is 10.1. The number of amides is 1. The Morgan fingerprint density at radius 2 is 1.90 bits per heavy atom. The number of carbonyl (C=O) groups excluding carboxylic acids is 4. The van der Waals surface area contributed by atoms with Gasteiger partial charge < -0.3 is 19.4 Å². The van der Waals surface area contributed by atoms with Crippen molar-refractivity contribution in [2.45, 2.75) is 39.7 Å². The minimum atomic E-state index is -1.07. The number of nitrogens with zero attached hydrogens (tertiary/aromatic N) is 1. The van der Waals surface area contributed by atoms with Gasteiger partial charge in [-0.05, 0) is 51.0 Å². The second-order valence-corrected chi connectivity index (χ2v) is 7.23. The molecule has 1 amide bonds. The van der Waals surface area contributed by atoms with Crippen LogP contribution in [0.2, 0.25) is 0 Å². The number of nitrogens with one attached hydrogen (secondary N) is 1. The third-order valence-electron chi connectivity index (χ3n) is 5.19. The Kier molecular flexibility index (Phi) is 6.05. The highest BCUT2D eigenvalue weighted by molar-refractivity contribution is 6.05. The van der Waals surface area contributed by atoms with E-state index >= 15 is 0 Å². The summed E-state index contributed by atoms with van der Waals surface area (Å²) in [7, 11) is 1.27. The van der Waals surface area contributed by atoms with Crippen LogP contribution in [0.25, 0.3) is 0 Å². The molecule has 2 aromatic rings. The van der Waals surface area contributed by atoms with Crippen molar-refractivity contribution in [3.63, 3.8) is 0 Å². The number of Topliss-reactive ketones (excluding diaryl/α,β-unsaturated/α-hetero) is 1. The Morgan fingerprint density at radius 1 is 1.17 bits per heavy atom. The highest BCUT2D eigenvalue weighted by Crippen LogP contribution is 2.24. The van der Waals surface area contributed by atoms with Gasteiger partial charge >= 0.3 is 11.9 Å². The lowest BCUT2D eigenvalue weighted by molar-refractivity contribution is -0.117. The summed E-state index contributed by atoms with van der Waals surface area (Å²) in [6.45, 7) is 5.38. The fourth-order valence-corrected chi connectivity index (χ4v) is 3.61. The summed E-state index contributed by atoms with van der Waals surface area (Å²) in [5.41, 5.74) is 2.32. The molecule has 8 nitrogen and oxygen atoms in total. The molecule has 1 fully saturated rings. The topological polar surface area (TPSA) is 106 Å². The summed E-state index contributed by atoms with van der Waals surface area (Å²) in [5, 5.41) is 0. The van der Waals surface area contributed by atoms with Gasteiger partial charge in [-0.2, -0.15) is 0 Å². The number of ether oxygens (including phenoxy) is 2. The number of anilines is 1. The second-order valence-electron chi connectivity index (χ2n) is 7.23. The Morgan fingerprint density at radius 3 is 2.53 bits per heavy atom. The zero-order chi connectivity index (χ0) is 22.0. The van der Waals surface area contributed by atoms with Crippen LogP contribution < -0.4 is 4.90 Å². The van der Waals surface area contributed by atoms with E-state index in [4.69, 9.17) is 9.47 Å². The lowest BCUT2D eigenvalue weighted by Crippen LogP contribution is -2.26. The zero-order valence-electron chi connectivity index (χ0n) is 17.4. The maximum atomic E-state index is 12.8. The highest BCUT2D eigenvalue weighted by Gasteiger charge is 2.28. The molecule has 1 N–H and O–H groups in total. The van der Waals surface area contributed by atoms with Crippen molar-refractivity contribution >= 4 is 29.3 Å². The molecule has 1 atom stereocenters. The van der Waals surface area contributed by atoms with Crippen LogP contribution in [0.3, 0.4) is 0 Å². The summed E-state index contributed by atoms with van der Waals surface area (Å²) in [6.07, 6.45) is 0.196. The first-order valence-electron chi connectivity index (χ1n) is 9.67. The number of carbonyl (C=O) groups is 4. The van der Waals surface area contributed by atoms with Crippen molar-refractivity contribution in [3.8, 4) is 0 Å². The maximum absolute atomic E-state index is 12.8. The van der Waals surface area contributed by atoms with Gasteiger partial charge in [0, 0.05) is 24.3 Å². The van der Waals surface area contributed by atoms with Gasteiger partial charge in [-0.1, -0.05) is 6.07 Å². The van der Waals surface area contributed by atoms with Crippen molar-refractivity contribution in [1.82, 2.24) is 4.98 Å². The van der Waals surface area contributed by atoms with Gasteiger partial charge in [0.2, 0.25) is 11.7 Å². The van der Waals surface area contributed by atoms with Gasteiger partial charge in [-0.15, -0.1) is 0 Å². The van der Waals surface area contributed by atoms with E-state index in [0.717, 1.165) is 6.42 Å². The van der Waals surface area contributed by atoms with Crippen molar-refractivity contribution in [2.24, 2.45) is 0 Å². The molecule has 2 heterocycles. The van der Waals surface area contributed by atoms with Gasteiger partial charge in [-0.3, -0.25) is 9.59 Å². The van der Waals surface area contributed by atoms with Crippen molar-refractivity contribution in [1.29, 1.82) is 0 Å². The van der Waals surface area contributed by atoms with E-state index in [1.807, 2.05) is 0 Å². The molecule has 0 radical (unpaired) electrons. The molecular formula is C22H24N2O6. The predicted octanol–water partition coefficient (Wildman–Crippen LogP) is 2.97. The van der Waals surface area contributed by atoms with Crippen LogP contribution in [0.1, 0.15) is 62.2 Å². The van der Waals surface area contributed by atoms with Crippen LogP contribution in [-0.2, 0) is 14.3 Å². The van der Waals surface area contributed by atoms with Crippen molar-refractivity contribution in [3.05, 3.63) is 52.3 Å². The second kappa shape index (κ2) is 8.52. The number of aromatic amines is 1. The molecular weight excluding hydrogens is 388 g/mol. The Hall–Kier alpha value is -3.42. The molecule has 1 saturated heterocycles. The number of esters is 2. The normalized spacial score (nSPS) is 14.5. The van der Waals surface area contributed by atoms with Gasteiger partial charge in [0.25, 0.3) is 0 Å². The van der Waals surface area contributed by atoms with Crippen molar-refractivity contribution < 1.29 is 28.7 Å². The van der Waals surface area contributed by atoms with Crippen molar-refractivity contribution in [2.75, 3.05) is 18.6 Å². The molecule has 30 heavy (non-hydrogen) atoms. The van der Waals surface area contributed by atoms with Gasteiger partial charge in [0.15, 0.2) is 6.10 Å². The molecule has 3 rings (SSSR count). The predicted molar refractivity (Wildman–Crippen MR) is 109 cm³/mol. The number of ketones is 1. The quantitative estimate of drug-likeness (QED) is 0.578. The van der Waals surface area contributed by atoms with Crippen LogP contribution >= 0.6 is 0 Å². The molecule has 1 aliphatic rings. The molecule has 1 aromatic carbocycles. The number of hydrogen-bond donors (Lipinski definition) is 1. The van der Waals surface area contributed by atoms with E-state index in [1.165, 1.54) is 14.0 Å². The maximum Gasteiger partial charge on any atom is 0.339 e. The molecule has 8 heteroatoms. The summed E-state index contributed by atoms with van der Waals surface area (Å²) in [5.74, 6) is -1.65. The number of rotatable bonds is 6. The lowest BCUT2D eigenvalue weighted by atomic mass is 10.1. The smallest absolute Gasteiger partial charge is 0.339 e. The van der Waals surface area contributed by atoms with E-state index < -0.39 is 23.8 Å². The molecule has 1 aromatic heterocycles. The number of aromatic nitrogens is 1. The van der Waals surface area contributed by atoms with Gasteiger partial charge in [0.05, 0.1) is 23.9 Å². The first-order chi connectivity index (χ1) is 14.2. The minimum Gasteiger partial charge on any atom is -0.465 e. The zero-order valence-corrected chi connectivity index (χ0v) is 17.4. The minimum absolute atomic E-state index is 0.0167. The van der Waals surface area contributed by atoms with E-state index in [1.54, 1.807) is 43.0 Å². The molecule has 0 spiro atoms. The summed E-state index contributed by atoms with van der Waals surface area (Å²) in [6, 6.07) is 6.59. The van der Waals surface area contributed by atoms with Crippen LogP contribution in [-0.4, -0.2) is 48.4 Å². The van der Waals surface area contributed by atoms with Crippen LogP contribution in [0, 0.1) is 13.8 Å². The molecule has 0 saturated carbocycles. The third-order valence-corrected chi connectivity index (χ3v) is 5.19. The van der Waals surface area contributed by atoms with Crippen LogP contribution in [0.5, 0.6) is 0 Å². The van der Waals surface area contributed by atoms with E-state index in [2.05, 4.69) is 4.98 Å². The number of hydrogen-bond acceptors (Lipinski definition) is 6. The first kappa shape index (κ1) is 21.3. The number of benzene rings is 1. The van der Waals surface area contributed by atoms with E-state index in [9.17, 15) is 19.2 Å². The number of methoxy groups -OCH3 is 1.